The average molecular weight is 476 g/mol. The van der Waals surface area contributed by atoms with Gasteiger partial charge in [0.25, 0.3) is 0 Å². The number of carbonyl (C=O) groups excluding carboxylic acids is 1. The zero-order valence-electron chi connectivity index (χ0n) is 18.1. The maximum Gasteiger partial charge on any atom is 0.240 e. The number of thioether (sulfide) groups is 1. The first-order valence-electron chi connectivity index (χ1n) is 9.84. The molecule has 11 heteroatoms. The topological polar surface area (TPSA) is 115 Å². The standard InChI is InChI=1S/C21H25N5O4S2/c1-14(2)25-32(28,29)19-11-5-16(6-12-19)23-20(27)15(3)31-21-24-22-13-26(21)17-7-9-18(30-4)10-8-17/h5-15,25H,1-4H3,(H,23,27). The number of nitrogens with one attached hydrogen (secondary N) is 2. The van der Waals surface area contributed by atoms with Crippen LogP contribution in [-0.4, -0.2) is 47.5 Å². The number of ether oxygens (including phenoxy) is 1. The van der Waals surface area contributed by atoms with Crippen molar-refractivity contribution in [2.45, 2.75) is 42.1 Å². The number of benzene rings is 2. The van der Waals surface area contributed by atoms with E-state index in [4.69, 9.17) is 4.74 Å². The maximum atomic E-state index is 12.7. The van der Waals surface area contributed by atoms with Crippen molar-refractivity contribution in [3.8, 4) is 11.4 Å². The molecule has 0 saturated carbocycles. The van der Waals surface area contributed by atoms with Crippen LogP contribution in [0.15, 0.2) is 64.9 Å². The maximum absolute atomic E-state index is 12.7. The van der Waals surface area contributed by atoms with Gasteiger partial charge in [0.1, 0.15) is 12.1 Å². The lowest BCUT2D eigenvalue weighted by atomic mass is 10.3. The Morgan fingerprint density at radius 1 is 1.06 bits per heavy atom. The first-order chi connectivity index (χ1) is 15.2. The third-order valence-electron chi connectivity index (χ3n) is 4.34. The molecule has 2 N–H and O–H groups in total. The smallest absolute Gasteiger partial charge is 0.240 e. The number of hydrogen-bond acceptors (Lipinski definition) is 7. The summed E-state index contributed by atoms with van der Waals surface area (Å²) >= 11 is 1.26. The van der Waals surface area contributed by atoms with Crippen molar-refractivity contribution in [3.63, 3.8) is 0 Å². The minimum atomic E-state index is -3.58. The summed E-state index contributed by atoms with van der Waals surface area (Å²) in [4.78, 5) is 12.8. The van der Waals surface area contributed by atoms with Crippen LogP contribution in [0, 0.1) is 0 Å². The summed E-state index contributed by atoms with van der Waals surface area (Å²) in [7, 11) is -1.98. The molecule has 0 spiro atoms. The van der Waals surface area contributed by atoms with Gasteiger partial charge in [0.15, 0.2) is 5.16 Å². The van der Waals surface area contributed by atoms with Crippen LogP contribution in [0.5, 0.6) is 5.75 Å². The molecule has 9 nitrogen and oxygen atoms in total. The molecule has 32 heavy (non-hydrogen) atoms. The number of aromatic nitrogens is 3. The Kier molecular flexibility index (Phi) is 7.54. The second kappa shape index (κ2) is 10.2. The highest BCUT2D eigenvalue weighted by Crippen LogP contribution is 2.26. The predicted molar refractivity (Wildman–Crippen MR) is 124 cm³/mol. The van der Waals surface area contributed by atoms with Gasteiger partial charge in [-0.05, 0) is 69.3 Å². The van der Waals surface area contributed by atoms with Crippen molar-refractivity contribution in [1.29, 1.82) is 0 Å². The number of amides is 1. The van der Waals surface area contributed by atoms with E-state index < -0.39 is 15.3 Å². The molecule has 0 aliphatic rings. The molecule has 170 valence electrons. The van der Waals surface area contributed by atoms with Crippen LogP contribution in [0.1, 0.15) is 20.8 Å². The summed E-state index contributed by atoms with van der Waals surface area (Å²) < 4.78 is 33.9. The van der Waals surface area contributed by atoms with Crippen LogP contribution >= 0.6 is 11.8 Å². The third kappa shape index (κ3) is 5.87. The Hall–Kier alpha value is -2.89. The van der Waals surface area contributed by atoms with Crippen molar-refractivity contribution < 1.29 is 17.9 Å². The van der Waals surface area contributed by atoms with Gasteiger partial charge in [0, 0.05) is 17.4 Å². The van der Waals surface area contributed by atoms with E-state index in [9.17, 15) is 13.2 Å². The monoisotopic (exact) mass is 475 g/mol. The SMILES string of the molecule is COc1ccc(-n2cnnc2SC(C)C(=O)Nc2ccc(S(=O)(=O)NC(C)C)cc2)cc1. The fourth-order valence-electron chi connectivity index (χ4n) is 2.78. The van der Waals surface area contributed by atoms with Gasteiger partial charge in [-0.2, -0.15) is 0 Å². The van der Waals surface area contributed by atoms with Gasteiger partial charge in [0.05, 0.1) is 17.3 Å². The Balaban J connectivity index is 1.65. The average Bonchev–Trinajstić information content (AvgIpc) is 3.21. The summed E-state index contributed by atoms with van der Waals surface area (Å²) in [5, 5.41) is 11.0. The van der Waals surface area contributed by atoms with Crippen LogP contribution in [0.4, 0.5) is 5.69 Å². The molecule has 1 amide bonds. The van der Waals surface area contributed by atoms with Gasteiger partial charge in [-0.15, -0.1) is 10.2 Å². The molecule has 1 aromatic heterocycles. The van der Waals surface area contributed by atoms with E-state index >= 15 is 0 Å². The molecule has 0 saturated heterocycles. The second-order valence-electron chi connectivity index (χ2n) is 7.23. The van der Waals surface area contributed by atoms with E-state index in [1.54, 1.807) is 50.9 Å². The van der Waals surface area contributed by atoms with Crippen molar-refractivity contribution in [1.82, 2.24) is 19.5 Å². The Morgan fingerprint density at radius 3 is 2.31 bits per heavy atom. The van der Waals surface area contributed by atoms with E-state index in [0.717, 1.165) is 11.4 Å². The minimum absolute atomic E-state index is 0.138. The van der Waals surface area contributed by atoms with E-state index in [1.165, 1.54) is 23.9 Å². The van der Waals surface area contributed by atoms with Crippen LogP contribution in [0.25, 0.3) is 5.69 Å². The zero-order valence-corrected chi connectivity index (χ0v) is 19.8. The summed E-state index contributed by atoms with van der Waals surface area (Å²) in [6, 6.07) is 13.2. The van der Waals surface area contributed by atoms with E-state index in [1.807, 2.05) is 24.3 Å². The number of rotatable bonds is 9. The van der Waals surface area contributed by atoms with Gasteiger partial charge < -0.3 is 10.1 Å². The molecule has 2 aromatic carbocycles. The lowest BCUT2D eigenvalue weighted by Crippen LogP contribution is -2.30. The Bertz CT molecular complexity index is 1160. The molecule has 0 radical (unpaired) electrons. The number of methoxy groups -OCH3 is 1. The first-order valence-corrected chi connectivity index (χ1v) is 12.2. The first kappa shape index (κ1) is 23.8. The van der Waals surface area contributed by atoms with E-state index in [-0.39, 0.29) is 16.8 Å². The molecule has 1 heterocycles. The lowest BCUT2D eigenvalue weighted by molar-refractivity contribution is -0.115. The van der Waals surface area contributed by atoms with Crippen molar-refractivity contribution in [2.75, 3.05) is 12.4 Å². The largest absolute Gasteiger partial charge is 0.497 e. The van der Waals surface area contributed by atoms with Gasteiger partial charge in [-0.25, -0.2) is 13.1 Å². The molecule has 0 fully saturated rings. The summed E-state index contributed by atoms with van der Waals surface area (Å²) in [5.41, 5.74) is 1.35. The fourth-order valence-corrected chi connectivity index (χ4v) is 4.87. The minimum Gasteiger partial charge on any atom is -0.497 e. The molecule has 1 atom stereocenters. The quantitative estimate of drug-likeness (QED) is 0.457. The fraction of sp³-hybridized carbons (Fsp3) is 0.286. The Labute approximate surface area is 191 Å². The van der Waals surface area contributed by atoms with Gasteiger partial charge in [0.2, 0.25) is 15.9 Å². The molecule has 3 rings (SSSR count). The van der Waals surface area contributed by atoms with Gasteiger partial charge in [-0.3, -0.25) is 9.36 Å². The predicted octanol–water partition coefficient (Wildman–Crippen LogP) is 3.08. The normalized spacial score (nSPS) is 12.5. The summed E-state index contributed by atoms with van der Waals surface area (Å²) in [5.74, 6) is 0.498. The van der Waals surface area contributed by atoms with E-state index in [2.05, 4.69) is 20.2 Å². The van der Waals surface area contributed by atoms with E-state index in [0.29, 0.717) is 10.8 Å². The molecule has 3 aromatic rings. The highest BCUT2D eigenvalue weighted by molar-refractivity contribution is 8.00. The lowest BCUT2D eigenvalue weighted by Gasteiger charge is -2.13. The van der Waals surface area contributed by atoms with Crippen molar-refractivity contribution in [2.24, 2.45) is 0 Å². The van der Waals surface area contributed by atoms with Gasteiger partial charge in [-0.1, -0.05) is 11.8 Å². The number of carbonyl (C=O) groups is 1. The van der Waals surface area contributed by atoms with Gasteiger partial charge >= 0.3 is 0 Å². The van der Waals surface area contributed by atoms with Crippen molar-refractivity contribution in [3.05, 3.63) is 54.9 Å². The molecular formula is C21H25N5O4S2. The highest BCUT2D eigenvalue weighted by Gasteiger charge is 2.20. The summed E-state index contributed by atoms with van der Waals surface area (Å²) in [6.07, 6.45) is 1.58. The number of sulfonamides is 1. The van der Waals surface area contributed by atoms with Crippen LogP contribution < -0.4 is 14.8 Å². The third-order valence-corrected chi connectivity index (χ3v) is 7.07. The van der Waals surface area contributed by atoms with Crippen LogP contribution in [0.2, 0.25) is 0 Å². The van der Waals surface area contributed by atoms with Crippen LogP contribution in [0.3, 0.4) is 0 Å². The van der Waals surface area contributed by atoms with Crippen LogP contribution in [-0.2, 0) is 14.8 Å². The molecule has 0 bridgehead atoms. The zero-order chi connectivity index (χ0) is 23.3. The summed E-state index contributed by atoms with van der Waals surface area (Å²) in [6.45, 7) is 5.26. The number of nitrogens with zero attached hydrogens (tertiary/aromatic N) is 3. The molecule has 1 unspecified atom stereocenters. The molecular weight excluding hydrogens is 450 g/mol. The molecule has 0 aliphatic carbocycles. The van der Waals surface area contributed by atoms with Crippen molar-refractivity contribution >= 4 is 33.4 Å². The highest BCUT2D eigenvalue weighted by atomic mass is 32.2. The Morgan fingerprint density at radius 2 is 1.72 bits per heavy atom. The second-order valence-corrected chi connectivity index (χ2v) is 10.3. The molecule has 0 aliphatic heterocycles. The number of anilines is 1. The number of hydrogen-bond donors (Lipinski definition) is 2.